The van der Waals surface area contributed by atoms with Crippen molar-refractivity contribution in [2.45, 2.75) is 51.2 Å². The third kappa shape index (κ3) is 3.04. The van der Waals surface area contributed by atoms with Crippen molar-refractivity contribution in [3.05, 3.63) is 34.8 Å². The van der Waals surface area contributed by atoms with E-state index in [2.05, 4.69) is 26.8 Å². The molecule has 5 heteroatoms. The van der Waals surface area contributed by atoms with Gasteiger partial charge in [0.05, 0.1) is 17.0 Å². The molecule has 1 saturated heterocycles. The van der Waals surface area contributed by atoms with E-state index < -0.39 is 0 Å². The third-order valence-corrected chi connectivity index (χ3v) is 4.61. The Kier molecular flexibility index (Phi) is 3.94. The molecule has 0 saturated carbocycles. The fourth-order valence-electron chi connectivity index (χ4n) is 2.77. The molecule has 0 spiro atoms. The number of thiazole rings is 1. The third-order valence-electron chi connectivity index (χ3n) is 3.77. The second-order valence-corrected chi connectivity index (χ2v) is 6.22. The zero-order valence-electron chi connectivity index (χ0n) is 11.2. The van der Waals surface area contributed by atoms with Crippen molar-refractivity contribution in [1.29, 1.82) is 0 Å². The lowest BCUT2D eigenvalue weighted by Gasteiger charge is -2.29. The molecule has 0 amide bonds. The van der Waals surface area contributed by atoms with E-state index in [1.165, 1.54) is 30.0 Å². The van der Waals surface area contributed by atoms with Gasteiger partial charge in [0.1, 0.15) is 0 Å². The largest absolute Gasteiger partial charge is 0.333 e. The topological polar surface area (TPSA) is 42.7 Å². The van der Waals surface area contributed by atoms with E-state index in [0.717, 1.165) is 13.0 Å². The first kappa shape index (κ1) is 12.8. The summed E-state index contributed by atoms with van der Waals surface area (Å²) < 4.78 is 2.27. The molecule has 0 radical (unpaired) electrons. The first-order valence-electron chi connectivity index (χ1n) is 6.97. The molecule has 1 fully saturated rings. The molecule has 3 rings (SSSR count). The van der Waals surface area contributed by atoms with Crippen LogP contribution in [-0.4, -0.2) is 20.6 Å². The van der Waals surface area contributed by atoms with Gasteiger partial charge in [0.25, 0.3) is 0 Å². The molecule has 2 unspecified atom stereocenters. The van der Waals surface area contributed by atoms with Gasteiger partial charge in [-0.15, -0.1) is 11.3 Å². The number of hydrogen-bond donors (Lipinski definition) is 1. The molecule has 1 aliphatic rings. The Balaban J connectivity index is 1.67. The Morgan fingerprint density at radius 3 is 3.21 bits per heavy atom. The van der Waals surface area contributed by atoms with Crippen LogP contribution in [0.3, 0.4) is 0 Å². The predicted molar refractivity (Wildman–Crippen MR) is 77.2 cm³/mol. The second-order valence-electron chi connectivity index (χ2n) is 5.24. The molecule has 2 aromatic heterocycles. The molecule has 19 heavy (non-hydrogen) atoms. The number of aromatic nitrogens is 3. The Labute approximate surface area is 117 Å². The van der Waals surface area contributed by atoms with Gasteiger partial charge in [0, 0.05) is 42.8 Å². The van der Waals surface area contributed by atoms with Crippen molar-refractivity contribution in [2.75, 3.05) is 0 Å². The second kappa shape index (κ2) is 5.84. The molecule has 102 valence electrons. The molecule has 2 atom stereocenters. The minimum Gasteiger partial charge on any atom is -0.333 e. The zero-order valence-corrected chi connectivity index (χ0v) is 12.1. The van der Waals surface area contributed by atoms with Crippen LogP contribution in [-0.2, 0) is 13.0 Å². The van der Waals surface area contributed by atoms with E-state index in [1.807, 2.05) is 24.1 Å². The summed E-state index contributed by atoms with van der Waals surface area (Å²) in [7, 11) is 0. The summed E-state index contributed by atoms with van der Waals surface area (Å²) >= 11 is 1.73. The highest BCUT2D eigenvalue weighted by molar-refractivity contribution is 7.09. The maximum Gasteiger partial charge on any atom is 0.0948 e. The summed E-state index contributed by atoms with van der Waals surface area (Å²) in [5.41, 5.74) is 1.32. The highest BCUT2D eigenvalue weighted by Crippen LogP contribution is 2.25. The van der Waals surface area contributed by atoms with E-state index >= 15 is 0 Å². The number of rotatable bonds is 4. The van der Waals surface area contributed by atoms with Crippen molar-refractivity contribution >= 4 is 11.3 Å². The van der Waals surface area contributed by atoms with Crippen molar-refractivity contribution < 1.29 is 0 Å². The van der Waals surface area contributed by atoms with E-state index in [1.54, 1.807) is 11.3 Å². The summed E-state index contributed by atoms with van der Waals surface area (Å²) in [5.74, 6) is 0. The van der Waals surface area contributed by atoms with Crippen molar-refractivity contribution in [3.8, 4) is 0 Å². The van der Waals surface area contributed by atoms with Crippen LogP contribution in [0.25, 0.3) is 0 Å². The van der Waals surface area contributed by atoms with Gasteiger partial charge in [0.15, 0.2) is 0 Å². The monoisotopic (exact) mass is 276 g/mol. The predicted octanol–water partition coefficient (Wildman–Crippen LogP) is 2.79. The van der Waals surface area contributed by atoms with Crippen LogP contribution in [0, 0.1) is 0 Å². The fraction of sp³-hybridized carbons (Fsp3) is 0.571. The van der Waals surface area contributed by atoms with Crippen molar-refractivity contribution in [3.63, 3.8) is 0 Å². The Morgan fingerprint density at radius 1 is 1.47 bits per heavy atom. The Hall–Kier alpha value is -1.20. The quantitative estimate of drug-likeness (QED) is 0.933. The smallest absolute Gasteiger partial charge is 0.0948 e. The van der Waals surface area contributed by atoms with Gasteiger partial charge < -0.3 is 9.88 Å². The number of nitrogens with one attached hydrogen (secondary N) is 1. The SMILES string of the molecule is CC1CCCC(c2cncn2CCc2nccs2)N1. The van der Waals surface area contributed by atoms with Gasteiger partial charge in [-0.25, -0.2) is 9.97 Å². The highest BCUT2D eigenvalue weighted by Gasteiger charge is 2.21. The summed E-state index contributed by atoms with van der Waals surface area (Å²) in [6.07, 6.45) is 10.6. The molecule has 4 nitrogen and oxygen atoms in total. The minimum absolute atomic E-state index is 0.461. The summed E-state index contributed by atoms with van der Waals surface area (Å²) in [4.78, 5) is 8.67. The molecule has 0 bridgehead atoms. The van der Waals surface area contributed by atoms with Gasteiger partial charge in [-0.2, -0.15) is 0 Å². The fourth-order valence-corrected chi connectivity index (χ4v) is 3.38. The average molecular weight is 276 g/mol. The van der Waals surface area contributed by atoms with Gasteiger partial charge in [-0.05, 0) is 26.2 Å². The normalized spacial score (nSPS) is 23.6. The van der Waals surface area contributed by atoms with E-state index in [9.17, 15) is 0 Å². The zero-order chi connectivity index (χ0) is 13.1. The molecule has 1 N–H and O–H groups in total. The highest BCUT2D eigenvalue weighted by atomic mass is 32.1. The number of imidazole rings is 1. The molecule has 3 heterocycles. The average Bonchev–Trinajstić information content (AvgIpc) is 3.08. The van der Waals surface area contributed by atoms with Crippen LogP contribution in [0.2, 0.25) is 0 Å². The molecule has 2 aromatic rings. The Bertz CT molecular complexity index is 505. The summed E-state index contributed by atoms with van der Waals surface area (Å²) in [5, 5.41) is 6.91. The van der Waals surface area contributed by atoms with Gasteiger partial charge in [-0.1, -0.05) is 0 Å². The van der Waals surface area contributed by atoms with Gasteiger partial charge in [0.2, 0.25) is 0 Å². The molecular formula is C14H20N4S. The van der Waals surface area contributed by atoms with E-state index in [-0.39, 0.29) is 0 Å². The number of piperidine rings is 1. The first-order chi connectivity index (χ1) is 9.33. The van der Waals surface area contributed by atoms with E-state index in [4.69, 9.17) is 0 Å². The minimum atomic E-state index is 0.461. The lowest BCUT2D eigenvalue weighted by atomic mass is 9.97. The first-order valence-corrected chi connectivity index (χ1v) is 7.85. The maximum absolute atomic E-state index is 4.34. The molecular weight excluding hydrogens is 256 g/mol. The van der Waals surface area contributed by atoms with Crippen LogP contribution in [0.4, 0.5) is 0 Å². The van der Waals surface area contributed by atoms with E-state index in [0.29, 0.717) is 12.1 Å². The van der Waals surface area contributed by atoms with Gasteiger partial charge >= 0.3 is 0 Å². The number of hydrogen-bond acceptors (Lipinski definition) is 4. The summed E-state index contributed by atoms with van der Waals surface area (Å²) in [6.45, 7) is 3.23. The lowest BCUT2D eigenvalue weighted by Crippen LogP contribution is -2.35. The van der Waals surface area contributed by atoms with Crippen molar-refractivity contribution in [2.24, 2.45) is 0 Å². The standard InChI is InChI=1S/C14H20N4S/c1-11-3-2-4-12(17-11)13-9-15-10-18(13)7-5-14-16-6-8-19-14/h6,8-12,17H,2-5,7H2,1H3. The van der Waals surface area contributed by atoms with Gasteiger partial charge in [-0.3, -0.25) is 0 Å². The van der Waals surface area contributed by atoms with Crippen LogP contribution in [0.1, 0.15) is 42.9 Å². The maximum atomic E-state index is 4.34. The van der Waals surface area contributed by atoms with Crippen molar-refractivity contribution in [1.82, 2.24) is 19.9 Å². The molecule has 0 aromatic carbocycles. The number of nitrogens with zero attached hydrogens (tertiary/aromatic N) is 3. The van der Waals surface area contributed by atoms with Crippen LogP contribution in [0.5, 0.6) is 0 Å². The van der Waals surface area contributed by atoms with Crippen LogP contribution >= 0.6 is 11.3 Å². The van der Waals surface area contributed by atoms with Crippen LogP contribution in [0.15, 0.2) is 24.1 Å². The number of aryl methyl sites for hydroxylation is 2. The molecule has 1 aliphatic heterocycles. The molecule has 0 aliphatic carbocycles. The van der Waals surface area contributed by atoms with Crippen LogP contribution < -0.4 is 5.32 Å². The lowest BCUT2D eigenvalue weighted by molar-refractivity contribution is 0.329. The Morgan fingerprint density at radius 2 is 2.42 bits per heavy atom. The summed E-state index contributed by atoms with van der Waals surface area (Å²) in [6, 6.07) is 1.07.